The van der Waals surface area contributed by atoms with Crippen molar-refractivity contribution in [1.82, 2.24) is 0 Å². The Morgan fingerprint density at radius 1 is 0.552 bits per heavy atom. The molecule has 8 rings (SSSR count). The highest BCUT2D eigenvalue weighted by molar-refractivity contribution is 9.10. The monoisotopic (exact) mass is 914 g/mol. The fourth-order valence-electron chi connectivity index (χ4n) is 7.53. The molecule has 0 saturated heterocycles. The van der Waals surface area contributed by atoms with E-state index in [1.165, 1.54) is 11.3 Å². The van der Waals surface area contributed by atoms with Crippen LogP contribution in [-0.4, -0.2) is 17.3 Å². The molecular formula is C48H37Br2ClN2O5. The summed E-state index contributed by atoms with van der Waals surface area (Å²) < 4.78 is 40.5. The molecule has 7 nitrogen and oxygen atoms in total. The maximum absolute atomic E-state index is 14.5. The fraction of sp³-hybridized carbons (Fsp3) is 0.0833. The first kappa shape index (κ1) is 40.9. The van der Waals surface area contributed by atoms with E-state index in [1.807, 2.05) is 48.5 Å². The van der Waals surface area contributed by atoms with Crippen LogP contribution < -0.4 is 28.3 Å². The molecule has 7 aromatic rings. The number of fused-ring (bicyclic) bond motifs is 1. The summed E-state index contributed by atoms with van der Waals surface area (Å²) in [7, 11) is -2.84. The molecule has 1 aromatic heterocycles. The van der Waals surface area contributed by atoms with E-state index in [-0.39, 0.29) is 11.2 Å². The van der Waals surface area contributed by atoms with Crippen LogP contribution in [-0.2, 0) is 5.41 Å². The van der Waals surface area contributed by atoms with Gasteiger partial charge in [-0.25, -0.2) is 18.6 Å². The number of allylic oxidation sites excluding steroid dienone is 1. The first-order valence-electron chi connectivity index (χ1n) is 18.3. The molecular weight excluding hydrogens is 880 g/mol. The summed E-state index contributed by atoms with van der Waals surface area (Å²) in [5.74, 6) is -0.00957. The van der Waals surface area contributed by atoms with Crippen molar-refractivity contribution >= 4 is 49.3 Å². The van der Waals surface area contributed by atoms with Gasteiger partial charge in [0.15, 0.2) is 5.71 Å². The van der Waals surface area contributed by atoms with Crippen LogP contribution in [0.1, 0.15) is 25.0 Å². The lowest BCUT2D eigenvalue weighted by Gasteiger charge is -2.20. The third-order valence-corrected chi connectivity index (χ3v) is 11.3. The molecule has 290 valence electrons. The summed E-state index contributed by atoms with van der Waals surface area (Å²) in [6, 6.07) is 54.5. The predicted molar refractivity (Wildman–Crippen MR) is 224 cm³/mol. The van der Waals surface area contributed by atoms with E-state index in [2.05, 4.69) is 183 Å². The zero-order valence-corrected chi connectivity index (χ0v) is 35.7. The Labute approximate surface area is 356 Å². The van der Waals surface area contributed by atoms with Crippen LogP contribution in [0.15, 0.2) is 173 Å². The van der Waals surface area contributed by atoms with Crippen LogP contribution in [0.2, 0.25) is 0 Å². The lowest BCUT2D eigenvalue weighted by Crippen LogP contribution is -2.68. The first-order chi connectivity index (χ1) is 27.7. The van der Waals surface area contributed by atoms with Gasteiger partial charge in [0.2, 0.25) is 22.8 Å². The van der Waals surface area contributed by atoms with Crippen molar-refractivity contribution in [1.29, 1.82) is 0 Å². The van der Waals surface area contributed by atoms with Gasteiger partial charge in [-0.2, -0.15) is 9.14 Å². The molecule has 6 aromatic carbocycles. The van der Waals surface area contributed by atoms with Gasteiger partial charge >= 0.3 is 0 Å². The summed E-state index contributed by atoms with van der Waals surface area (Å²) in [4.78, 5) is 0. The second kappa shape index (κ2) is 16.9. The Morgan fingerprint density at radius 3 is 1.55 bits per heavy atom. The number of hydrogen-bond acceptors (Lipinski definition) is 5. The molecule has 1 aliphatic heterocycles. The Hall–Kier alpha value is -5.23. The lowest BCUT2D eigenvalue weighted by molar-refractivity contribution is -2.00. The summed E-state index contributed by atoms with van der Waals surface area (Å²) >= 11 is 7.30. The summed E-state index contributed by atoms with van der Waals surface area (Å²) in [5, 5.41) is 14.5. The Morgan fingerprint density at radius 2 is 1.03 bits per heavy atom. The molecule has 1 aliphatic rings. The molecule has 0 N–H and O–H groups in total. The van der Waals surface area contributed by atoms with Crippen LogP contribution in [0.25, 0.3) is 56.5 Å². The van der Waals surface area contributed by atoms with E-state index in [0.29, 0.717) is 11.1 Å². The Bertz CT molecular complexity index is 2590. The van der Waals surface area contributed by atoms with E-state index in [4.69, 9.17) is 18.6 Å². The van der Waals surface area contributed by atoms with Crippen molar-refractivity contribution in [2.75, 3.05) is 7.05 Å². The van der Waals surface area contributed by atoms with Crippen molar-refractivity contribution in [3.63, 3.8) is 0 Å². The summed E-state index contributed by atoms with van der Waals surface area (Å²) in [6.07, 6.45) is 4.14. The van der Waals surface area contributed by atoms with Gasteiger partial charge in [0.25, 0.3) is 0 Å². The number of aromatic nitrogens is 1. The minimum absolute atomic E-state index is 0.00957. The van der Waals surface area contributed by atoms with E-state index in [9.17, 15) is 5.11 Å². The standard InChI is InChI=1S/C48H37Br2N2O.ClHO4/c1-48(2)42-16-10-11-17-43(42)51(3)46(48)27-22-36-28-40(31-41(47(36)53)33-14-8-5-9-15-33)52-44(34-18-23-38(49)24-19-34)29-37(32-12-6-4-7-13-32)30-45(52)35-20-25-39(50)26-21-35;2-1(3,4)5/h4-31H,1-3H3;(H,2,3,4,5)/q+1;/p-1. The average Bonchev–Trinajstić information content (AvgIpc) is 3.41. The maximum atomic E-state index is 14.5. The van der Waals surface area contributed by atoms with Crippen molar-refractivity contribution in [3.8, 4) is 56.2 Å². The molecule has 10 heteroatoms. The molecule has 2 heterocycles. The zero-order valence-electron chi connectivity index (χ0n) is 31.7. The van der Waals surface area contributed by atoms with Gasteiger partial charge < -0.3 is 5.11 Å². The van der Waals surface area contributed by atoms with Gasteiger partial charge in [0.1, 0.15) is 7.05 Å². The minimum Gasteiger partial charge on any atom is -0.872 e. The normalized spacial score (nSPS) is 13.3. The number of halogens is 3. The van der Waals surface area contributed by atoms with Gasteiger partial charge in [-0.05, 0) is 96.3 Å². The van der Waals surface area contributed by atoms with E-state index >= 15 is 0 Å². The minimum atomic E-state index is -4.94. The number of nitrogens with zero attached hydrogens (tertiary/aromatic N) is 2. The smallest absolute Gasteiger partial charge is 0.219 e. The van der Waals surface area contributed by atoms with Gasteiger partial charge in [-0.15, -0.1) is 10.2 Å². The molecule has 0 saturated carbocycles. The number of benzene rings is 6. The molecule has 0 unspecified atom stereocenters. The maximum Gasteiger partial charge on any atom is 0.219 e. The highest BCUT2D eigenvalue weighted by atomic mass is 79.9. The van der Waals surface area contributed by atoms with Crippen molar-refractivity contribution < 1.29 is 43.1 Å². The second-order valence-corrected chi connectivity index (χ2v) is 16.9. The van der Waals surface area contributed by atoms with Gasteiger partial charge in [0.05, 0.1) is 5.41 Å². The van der Waals surface area contributed by atoms with Crippen molar-refractivity contribution in [3.05, 3.63) is 184 Å². The van der Waals surface area contributed by atoms with Gasteiger partial charge in [-0.1, -0.05) is 116 Å². The van der Waals surface area contributed by atoms with Crippen molar-refractivity contribution in [2.24, 2.45) is 0 Å². The predicted octanol–water partition coefficient (Wildman–Crippen LogP) is 7.19. The van der Waals surface area contributed by atoms with E-state index in [1.54, 1.807) is 0 Å². The van der Waals surface area contributed by atoms with Gasteiger partial charge in [-0.3, -0.25) is 0 Å². The first-order valence-corrected chi connectivity index (χ1v) is 21.1. The Kier molecular flexibility index (Phi) is 12.0. The van der Waals surface area contributed by atoms with Crippen LogP contribution >= 0.6 is 31.9 Å². The molecule has 0 atom stereocenters. The summed E-state index contributed by atoms with van der Waals surface area (Å²) in [6.45, 7) is 4.50. The molecule has 58 heavy (non-hydrogen) atoms. The molecule has 0 bridgehead atoms. The third-order valence-electron chi connectivity index (χ3n) is 10.3. The lowest BCUT2D eigenvalue weighted by atomic mass is 9.81. The van der Waals surface area contributed by atoms with Crippen LogP contribution in [0.4, 0.5) is 5.69 Å². The molecule has 0 amide bonds. The van der Waals surface area contributed by atoms with E-state index < -0.39 is 10.2 Å². The number of rotatable bonds is 7. The number of pyridine rings is 1. The SMILES string of the molecule is C[N+]1=C(/C=C\c2cc(-[n+]3c(-c4ccc(Br)cc4)cc(-c4ccccc4)cc3-c3ccc(Br)cc3)cc(-c3ccccc3)c2[O-])C(C)(C)c2ccccc21.[O-][Cl+3]([O-])([O-])[O-]. The zero-order chi connectivity index (χ0) is 41.2. The van der Waals surface area contributed by atoms with Crippen LogP contribution in [0, 0.1) is 10.2 Å². The largest absolute Gasteiger partial charge is 0.872 e. The fourth-order valence-corrected chi connectivity index (χ4v) is 8.06. The summed E-state index contributed by atoms with van der Waals surface area (Å²) in [5.41, 5.74) is 12.8. The highest BCUT2D eigenvalue weighted by Crippen LogP contribution is 2.40. The molecule has 0 aliphatic carbocycles. The highest BCUT2D eigenvalue weighted by Gasteiger charge is 2.42. The quantitative estimate of drug-likeness (QED) is 0.157. The van der Waals surface area contributed by atoms with Crippen LogP contribution in [0.3, 0.4) is 0 Å². The average molecular weight is 917 g/mol. The van der Waals surface area contributed by atoms with Gasteiger partial charge in [0, 0.05) is 62.0 Å². The topological polar surface area (TPSA) is 122 Å². The van der Waals surface area contributed by atoms with Crippen LogP contribution in [0.5, 0.6) is 5.75 Å². The number of para-hydroxylation sites is 1. The van der Waals surface area contributed by atoms with Crippen molar-refractivity contribution in [2.45, 2.75) is 19.3 Å². The Balaban J connectivity index is 0.000000966. The molecule has 0 radical (unpaired) electrons. The molecule has 0 fully saturated rings. The molecule has 0 spiro atoms. The van der Waals surface area contributed by atoms with E-state index in [0.717, 1.165) is 59.5 Å². The third kappa shape index (κ3) is 8.92. The second-order valence-electron chi connectivity index (χ2n) is 14.3. The number of hydrogen-bond donors (Lipinski definition) is 0.